The van der Waals surface area contributed by atoms with E-state index < -0.39 is 0 Å². The molecule has 0 saturated heterocycles. The SMILES string of the molecule is Cc1cc(NC(=O)c2ccc(Br)c(O)c2)ccn1. The van der Waals surface area contributed by atoms with Gasteiger partial charge in [-0.05, 0) is 53.2 Å². The van der Waals surface area contributed by atoms with E-state index in [2.05, 4.69) is 26.2 Å². The molecule has 0 spiro atoms. The van der Waals surface area contributed by atoms with E-state index in [-0.39, 0.29) is 11.7 Å². The topological polar surface area (TPSA) is 62.2 Å². The molecule has 0 bridgehead atoms. The third-order valence-electron chi connectivity index (χ3n) is 2.36. The molecule has 0 aliphatic heterocycles. The normalized spacial score (nSPS) is 10.1. The van der Waals surface area contributed by atoms with E-state index in [4.69, 9.17) is 0 Å². The molecule has 1 aromatic heterocycles. The molecule has 0 unspecified atom stereocenters. The van der Waals surface area contributed by atoms with E-state index in [1.54, 1.807) is 30.5 Å². The number of pyridine rings is 1. The number of benzene rings is 1. The number of phenolic OH excluding ortho intramolecular Hbond substituents is 1. The number of nitrogens with zero attached hydrogens (tertiary/aromatic N) is 1. The van der Waals surface area contributed by atoms with Gasteiger partial charge in [-0.3, -0.25) is 9.78 Å². The van der Waals surface area contributed by atoms with Gasteiger partial charge < -0.3 is 10.4 Å². The van der Waals surface area contributed by atoms with Gasteiger partial charge in [0.05, 0.1) is 4.47 Å². The monoisotopic (exact) mass is 306 g/mol. The molecule has 0 aliphatic carbocycles. The van der Waals surface area contributed by atoms with Crippen molar-refractivity contribution in [3.8, 4) is 5.75 Å². The number of carbonyl (C=O) groups excluding carboxylic acids is 1. The molecule has 2 rings (SSSR count). The molecular formula is C13H11BrN2O2. The highest BCUT2D eigenvalue weighted by atomic mass is 79.9. The number of anilines is 1. The van der Waals surface area contributed by atoms with Crippen molar-refractivity contribution in [2.75, 3.05) is 5.32 Å². The number of aryl methyl sites for hydroxylation is 1. The first kappa shape index (κ1) is 12.6. The van der Waals surface area contributed by atoms with Gasteiger partial charge in [-0.2, -0.15) is 0 Å². The second-order valence-corrected chi connectivity index (χ2v) is 4.66. The van der Waals surface area contributed by atoms with Crippen LogP contribution in [-0.2, 0) is 0 Å². The van der Waals surface area contributed by atoms with Gasteiger partial charge in [-0.15, -0.1) is 0 Å². The van der Waals surface area contributed by atoms with Gasteiger partial charge in [-0.1, -0.05) is 0 Å². The first-order valence-electron chi connectivity index (χ1n) is 5.29. The molecule has 1 amide bonds. The minimum atomic E-state index is -0.275. The van der Waals surface area contributed by atoms with Gasteiger partial charge in [-0.25, -0.2) is 0 Å². The predicted octanol–water partition coefficient (Wildman–Crippen LogP) is 3.11. The molecular weight excluding hydrogens is 296 g/mol. The van der Waals surface area contributed by atoms with Crippen LogP contribution in [0, 0.1) is 6.92 Å². The fourth-order valence-corrected chi connectivity index (χ4v) is 1.73. The maximum atomic E-state index is 11.9. The Balaban J connectivity index is 2.19. The van der Waals surface area contributed by atoms with Crippen molar-refractivity contribution in [1.29, 1.82) is 0 Å². The van der Waals surface area contributed by atoms with Crippen molar-refractivity contribution in [2.45, 2.75) is 6.92 Å². The average Bonchev–Trinajstić information content (AvgIpc) is 2.32. The summed E-state index contributed by atoms with van der Waals surface area (Å²) in [6, 6.07) is 8.16. The third kappa shape index (κ3) is 2.87. The lowest BCUT2D eigenvalue weighted by atomic mass is 10.2. The van der Waals surface area contributed by atoms with Crippen LogP contribution in [0.2, 0.25) is 0 Å². The van der Waals surface area contributed by atoms with Gasteiger partial charge in [0.15, 0.2) is 0 Å². The molecule has 5 heteroatoms. The summed E-state index contributed by atoms with van der Waals surface area (Å²) < 4.78 is 0.554. The van der Waals surface area contributed by atoms with E-state index in [0.717, 1.165) is 5.69 Å². The van der Waals surface area contributed by atoms with Crippen LogP contribution in [0.5, 0.6) is 5.75 Å². The highest BCUT2D eigenvalue weighted by Gasteiger charge is 2.08. The van der Waals surface area contributed by atoms with Crippen LogP contribution >= 0.6 is 15.9 Å². The number of halogens is 1. The molecule has 0 radical (unpaired) electrons. The van der Waals surface area contributed by atoms with E-state index in [9.17, 15) is 9.90 Å². The smallest absolute Gasteiger partial charge is 0.255 e. The predicted molar refractivity (Wildman–Crippen MR) is 72.7 cm³/mol. The fraction of sp³-hybridized carbons (Fsp3) is 0.0769. The van der Waals surface area contributed by atoms with E-state index in [1.165, 1.54) is 6.07 Å². The lowest BCUT2D eigenvalue weighted by Crippen LogP contribution is -2.11. The number of carbonyl (C=O) groups is 1. The highest BCUT2D eigenvalue weighted by Crippen LogP contribution is 2.24. The number of aromatic hydroxyl groups is 1. The Morgan fingerprint density at radius 1 is 1.33 bits per heavy atom. The number of hydrogen-bond acceptors (Lipinski definition) is 3. The molecule has 2 aromatic rings. The summed E-state index contributed by atoms with van der Waals surface area (Å²) in [5.74, 6) is -0.239. The number of hydrogen-bond donors (Lipinski definition) is 2. The lowest BCUT2D eigenvalue weighted by molar-refractivity contribution is 0.102. The van der Waals surface area contributed by atoms with Crippen LogP contribution in [0.1, 0.15) is 16.1 Å². The quantitative estimate of drug-likeness (QED) is 0.896. The number of amides is 1. The summed E-state index contributed by atoms with van der Waals surface area (Å²) in [7, 11) is 0. The second-order valence-electron chi connectivity index (χ2n) is 3.81. The standard InChI is InChI=1S/C13H11BrN2O2/c1-8-6-10(4-5-15-8)16-13(18)9-2-3-11(14)12(17)7-9/h2-7,17H,1H3,(H,15,16,18). The third-order valence-corrected chi connectivity index (χ3v) is 3.03. The first-order valence-corrected chi connectivity index (χ1v) is 6.08. The van der Waals surface area contributed by atoms with E-state index in [1.807, 2.05) is 6.92 Å². The molecule has 4 nitrogen and oxygen atoms in total. The fourth-order valence-electron chi connectivity index (χ4n) is 1.48. The molecule has 0 saturated carbocycles. The molecule has 92 valence electrons. The molecule has 2 N–H and O–H groups in total. The Morgan fingerprint density at radius 3 is 2.78 bits per heavy atom. The minimum Gasteiger partial charge on any atom is -0.507 e. The number of aromatic nitrogens is 1. The van der Waals surface area contributed by atoms with Crippen molar-refractivity contribution in [1.82, 2.24) is 4.98 Å². The summed E-state index contributed by atoms with van der Waals surface area (Å²) in [5, 5.41) is 12.3. The van der Waals surface area contributed by atoms with Crippen LogP contribution in [0.15, 0.2) is 41.0 Å². The zero-order valence-corrected chi connectivity index (χ0v) is 11.2. The molecule has 0 atom stereocenters. The van der Waals surface area contributed by atoms with Gasteiger partial charge in [0.25, 0.3) is 5.91 Å². The minimum absolute atomic E-state index is 0.0357. The number of nitrogens with one attached hydrogen (secondary N) is 1. The van der Waals surface area contributed by atoms with Gasteiger partial charge in [0, 0.05) is 23.1 Å². The summed E-state index contributed by atoms with van der Waals surface area (Å²) in [5.41, 5.74) is 1.89. The van der Waals surface area contributed by atoms with Crippen molar-refractivity contribution >= 4 is 27.5 Å². The zero-order chi connectivity index (χ0) is 13.1. The average molecular weight is 307 g/mol. The Bertz CT molecular complexity index is 599. The summed E-state index contributed by atoms with van der Waals surface area (Å²) in [4.78, 5) is 16.0. The van der Waals surface area contributed by atoms with Crippen molar-refractivity contribution in [3.63, 3.8) is 0 Å². The maximum Gasteiger partial charge on any atom is 0.255 e. The molecule has 1 aromatic carbocycles. The summed E-state index contributed by atoms with van der Waals surface area (Å²) in [6.45, 7) is 1.85. The van der Waals surface area contributed by atoms with Crippen molar-refractivity contribution < 1.29 is 9.90 Å². The number of phenols is 1. The number of rotatable bonds is 2. The van der Waals surface area contributed by atoms with Crippen LogP contribution in [0.3, 0.4) is 0 Å². The first-order chi connectivity index (χ1) is 8.56. The lowest BCUT2D eigenvalue weighted by Gasteiger charge is -2.06. The van der Waals surface area contributed by atoms with Gasteiger partial charge >= 0.3 is 0 Å². The van der Waals surface area contributed by atoms with Crippen LogP contribution in [0.4, 0.5) is 5.69 Å². The Kier molecular flexibility index (Phi) is 3.62. The summed E-state index contributed by atoms with van der Waals surface area (Å²) >= 11 is 3.16. The van der Waals surface area contributed by atoms with E-state index >= 15 is 0 Å². The van der Waals surface area contributed by atoms with Crippen molar-refractivity contribution in [2.24, 2.45) is 0 Å². The second kappa shape index (κ2) is 5.18. The molecule has 1 heterocycles. The highest BCUT2D eigenvalue weighted by molar-refractivity contribution is 9.10. The Hall–Kier alpha value is -1.88. The Morgan fingerprint density at radius 2 is 2.11 bits per heavy atom. The van der Waals surface area contributed by atoms with Crippen LogP contribution in [0.25, 0.3) is 0 Å². The molecule has 18 heavy (non-hydrogen) atoms. The van der Waals surface area contributed by atoms with Crippen LogP contribution < -0.4 is 5.32 Å². The van der Waals surface area contributed by atoms with Crippen LogP contribution in [-0.4, -0.2) is 16.0 Å². The van der Waals surface area contributed by atoms with Gasteiger partial charge in [0.2, 0.25) is 0 Å². The molecule has 0 fully saturated rings. The zero-order valence-electron chi connectivity index (χ0n) is 9.64. The maximum absolute atomic E-state index is 11.9. The molecule has 0 aliphatic rings. The van der Waals surface area contributed by atoms with Gasteiger partial charge in [0.1, 0.15) is 5.75 Å². The largest absolute Gasteiger partial charge is 0.507 e. The summed E-state index contributed by atoms with van der Waals surface area (Å²) in [6.07, 6.45) is 1.63. The Labute approximate surface area is 113 Å². The van der Waals surface area contributed by atoms with Crippen molar-refractivity contribution in [3.05, 3.63) is 52.3 Å². The van der Waals surface area contributed by atoms with E-state index in [0.29, 0.717) is 15.7 Å².